The summed E-state index contributed by atoms with van der Waals surface area (Å²) < 4.78 is 0. The highest BCUT2D eigenvalue weighted by Gasteiger charge is 2.11. The number of halogens is 2. The van der Waals surface area contributed by atoms with Gasteiger partial charge in [0.25, 0.3) is 5.91 Å². The number of carbonyl (C=O) groups is 3. The van der Waals surface area contributed by atoms with Gasteiger partial charge in [0, 0.05) is 35.0 Å². The van der Waals surface area contributed by atoms with Gasteiger partial charge in [-0.25, -0.2) is 0 Å². The first kappa shape index (κ1) is 22.6. The highest BCUT2D eigenvalue weighted by molar-refractivity contribution is 7.80. The van der Waals surface area contributed by atoms with E-state index in [1.165, 1.54) is 18.2 Å². The van der Waals surface area contributed by atoms with Gasteiger partial charge in [0.05, 0.1) is 0 Å². The van der Waals surface area contributed by atoms with E-state index in [2.05, 4.69) is 21.5 Å². The Bertz CT molecular complexity index is 889. The molecule has 2 aromatic rings. The van der Waals surface area contributed by atoms with Crippen molar-refractivity contribution in [3.05, 3.63) is 69.7 Å². The summed E-state index contributed by atoms with van der Waals surface area (Å²) in [5.41, 5.74) is 5.89. The van der Waals surface area contributed by atoms with Gasteiger partial charge in [0.1, 0.15) is 0 Å². The number of hydrazine groups is 1. The highest BCUT2D eigenvalue weighted by Crippen LogP contribution is 2.18. The topological polar surface area (TPSA) is 99.3 Å². The number of benzene rings is 2. The Kier molecular flexibility index (Phi) is 8.85. The predicted octanol–water partition coefficient (Wildman–Crippen LogP) is 2.73. The van der Waals surface area contributed by atoms with Crippen molar-refractivity contribution in [2.24, 2.45) is 0 Å². The monoisotopic (exact) mass is 452 g/mol. The minimum atomic E-state index is -0.540. The molecule has 2 rings (SSSR count). The molecule has 3 amide bonds. The fourth-order valence-corrected chi connectivity index (χ4v) is 2.86. The van der Waals surface area contributed by atoms with Gasteiger partial charge < -0.3 is 5.32 Å². The maximum absolute atomic E-state index is 12.1. The summed E-state index contributed by atoms with van der Waals surface area (Å²) in [6, 6.07) is 13.8. The number of carbonyl (C=O) groups excluding carboxylic acids is 3. The van der Waals surface area contributed by atoms with Gasteiger partial charge in [-0.3, -0.25) is 30.6 Å². The van der Waals surface area contributed by atoms with Crippen molar-refractivity contribution in [2.75, 3.05) is 0 Å². The third kappa shape index (κ3) is 8.47. The molecule has 0 spiro atoms. The molecule has 0 bridgehead atoms. The lowest BCUT2D eigenvalue weighted by Crippen LogP contribution is -2.48. The second-order valence-electron chi connectivity index (χ2n) is 5.88. The molecule has 2 aromatic carbocycles. The van der Waals surface area contributed by atoms with E-state index in [9.17, 15) is 14.4 Å². The molecular formula is C19H18Cl2N4O3S. The zero-order chi connectivity index (χ0) is 21.2. The largest absolute Gasteiger partial charge is 0.352 e. The molecular weight excluding hydrogens is 435 g/mol. The number of hydrogen-bond acceptors (Lipinski definition) is 4. The number of rotatable bonds is 6. The van der Waals surface area contributed by atoms with E-state index in [1.807, 2.05) is 30.3 Å². The zero-order valence-electron chi connectivity index (χ0n) is 15.1. The molecule has 0 radical (unpaired) electrons. The van der Waals surface area contributed by atoms with Crippen LogP contribution in [0.2, 0.25) is 10.0 Å². The van der Waals surface area contributed by atoms with E-state index in [0.717, 1.165) is 5.56 Å². The van der Waals surface area contributed by atoms with Crippen molar-refractivity contribution in [3.63, 3.8) is 0 Å². The molecule has 4 N–H and O–H groups in total. The fraction of sp³-hybridized carbons (Fsp3) is 0.158. The minimum Gasteiger partial charge on any atom is -0.352 e. The predicted molar refractivity (Wildman–Crippen MR) is 115 cm³/mol. The molecule has 0 aliphatic heterocycles. The molecule has 29 heavy (non-hydrogen) atoms. The second-order valence-corrected chi connectivity index (χ2v) is 7.16. The standard InChI is InChI=1S/C19H18Cl2N4O3S/c20-14-8-13(9-15(21)10-14)18(28)23-19(29)25-24-17(27)7-6-16(26)22-11-12-4-2-1-3-5-12/h1-5,8-10H,6-7,11H2,(H,22,26)(H,24,27)(H2,23,25,28,29). The molecule has 0 fully saturated rings. The summed E-state index contributed by atoms with van der Waals surface area (Å²) >= 11 is 16.6. The van der Waals surface area contributed by atoms with Crippen LogP contribution >= 0.6 is 35.4 Å². The summed E-state index contributed by atoms with van der Waals surface area (Å²) in [5.74, 6) is -1.25. The van der Waals surface area contributed by atoms with E-state index in [-0.39, 0.29) is 29.4 Å². The molecule has 10 heteroatoms. The quantitative estimate of drug-likeness (QED) is 0.398. The number of hydrogen-bond donors (Lipinski definition) is 4. The van der Waals surface area contributed by atoms with Crippen LogP contribution in [0.3, 0.4) is 0 Å². The fourth-order valence-electron chi connectivity index (χ4n) is 2.19. The molecule has 0 saturated carbocycles. The Morgan fingerprint density at radius 1 is 0.862 bits per heavy atom. The van der Waals surface area contributed by atoms with Gasteiger partial charge in [-0.1, -0.05) is 53.5 Å². The van der Waals surface area contributed by atoms with Crippen molar-refractivity contribution in [1.82, 2.24) is 21.5 Å². The van der Waals surface area contributed by atoms with Gasteiger partial charge in [0.2, 0.25) is 11.8 Å². The van der Waals surface area contributed by atoms with Crippen molar-refractivity contribution < 1.29 is 14.4 Å². The Morgan fingerprint density at radius 2 is 1.48 bits per heavy atom. The van der Waals surface area contributed by atoms with E-state index < -0.39 is 11.8 Å². The van der Waals surface area contributed by atoms with Gasteiger partial charge in [-0.15, -0.1) is 0 Å². The Hall–Kier alpha value is -2.68. The summed E-state index contributed by atoms with van der Waals surface area (Å²) in [4.78, 5) is 35.7. The number of amides is 3. The minimum absolute atomic E-state index is 0.0144. The lowest BCUT2D eigenvalue weighted by atomic mass is 10.2. The van der Waals surface area contributed by atoms with Gasteiger partial charge in [-0.2, -0.15) is 0 Å². The summed E-state index contributed by atoms with van der Waals surface area (Å²) in [6.07, 6.45) is -0.0332. The van der Waals surface area contributed by atoms with E-state index in [4.69, 9.17) is 35.4 Å². The van der Waals surface area contributed by atoms with Gasteiger partial charge in [-0.05, 0) is 36.0 Å². The molecule has 152 valence electrons. The Morgan fingerprint density at radius 3 is 2.14 bits per heavy atom. The average molecular weight is 453 g/mol. The van der Waals surface area contributed by atoms with Crippen molar-refractivity contribution in [2.45, 2.75) is 19.4 Å². The van der Waals surface area contributed by atoms with Crippen molar-refractivity contribution in [1.29, 1.82) is 0 Å². The SMILES string of the molecule is O=C(CCC(=O)NNC(=S)NC(=O)c1cc(Cl)cc(Cl)c1)NCc1ccccc1. The van der Waals surface area contributed by atoms with E-state index in [0.29, 0.717) is 16.6 Å². The normalized spacial score (nSPS) is 10.0. The first-order chi connectivity index (χ1) is 13.8. The van der Waals surface area contributed by atoms with Crippen molar-refractivity contribution in [3.8, 4) is 0 Å². The smallest absolute Gasteiger partial charge is 0.257 e. The van der Waals surface area contributed by atoms with Crippen LogP contribution in [0.25, 0.3) is 0 Å². The van der Waals surface area contributed by atoms with Crippen LogP contribution in [0, 0.1) is 0 Å². The van der Waals surface area contributed by atoms with Crippen LogP contribution in [-0.4, -0.2) is 22.8 Å². The molecule has 0 aliphatic rings. The first-order valence-corrected chi connectivity index (χ1v) is 9.67. The molecule has 0 heterocycles. The summed E-state index contributed by atoms with van der Waals surface area (Å²) in [7, 11) is 0. The zero-order valence-corrected chi connectivity index (χ0v) is 17.5. The first-order valence-electron chi connectivity index (χ1n) is 8.50. The number of nitrogens with one attached hydrogen (secondary N) is 4. The van der Waals surface area contributed by atoms with Crippen LogP contribution in [-0.2, 0) is 16.1 Å². The molecule has 7 nitrogen and oxygen atoms in total. The Labute approximate surface area is 183 Å². The molecule has 0 aromatic heterocycles. The maximum atomic E-state index is 12.1. The molecule has 0 saturated heterocycles. The second kappa shape index (κ2) is 11.4. The average Bonchev–Trinajstić information content (AvgIpc) is 2.69. The maximum Gasteiger partial charge on any atom is 0.257 e. The molecule has 0 unspecified atom stereocenters. The lowest BCUT2D eigenvalue weighted by Gasteiger charge is -2.11. The van der Waals surface area contributed by atoms with Crippen LogP contribution in [0.15, 0.2) is 48.5 Å². The van der Waals surface area contributed by atoms with E-state index in [1.54, 1.807) is 0 Å². The van der Waals surface area contributed by atoms with Crippen molar-refractivity contribution >= 4 is 58.3 Å². The number of thiocarbonyl (C=S) groups is 1. The van der Waals surface area contributed by atoms with E-state index >= 15 is 0 Å². The molecule has 0 atom stereocenters. The van der Waals surface area contributed by atoms with Crippen LogP contribution in [0.5, 0.6) is 0 Å². The summed E-state index contributed by atoms with van der Waals surface area (Å²) in [5, 5.41) is 5.60. The van der Waals surface area contributed by atoms with Crippen LogP contribution in [0.1, 0.15) is 28.8 Å². The molecule has 0 aliphatic carbocycles. The Balaban J connectivity index is 1.66. The van der Waals surface area contributed by atoms with Crippen LogP contribution in [0.4, 0.5) is 0 Å². The third-order valence-corrected chi connectivity index (χ3v) is 4.22. The van der Waals surface area contributed by atoms with Crippen LogP contribution < -0.4 is 21.5 Å². The lowest BCUT2D eigenvalue weighted by molar-refractivity contribution is -0.126. The summed E-state index contributed by atoms with van der Waals surface area (Å²) in [6.45, 7) is 0.392. The van der Waals surface area contributed by atoms with Gasteiger partial charge in [0.15, 0.2) is 5.11 Å². The van der Waals surface area contributed by atoms with Gasteiger partial charge >= 0.3 is 0 Å². The third-order valence-electron chi connectivity index (χ3n) is 3.58. The highest BCUT2D eigenvalue weighted by atomic mass is 35.5.